The molecule has 1 N–H and O–H groups in total. The number of hydrogen-bond acceptors (Lipinski definition) is 5. The molecular weight excluding hydrogens is 322 g/mol. The molecule has 0 radical (unpaired) electrons. The molecule has 0 atom stereocenters. The predicted molar refractivity (Wildman–Crippen MR) is 87.2 cm³/mol. The fourth-order valence-electron chi connectivity index (χ4n) is 1.88. The standard InChI is InChI=1S/C14H12ClN5OS/c1-2-12-18-19-14(22-12)17-11(21)7-6-9-13(15)16-10-5-3-4-8-20(9)10/h3-8H,2H2,1H3,(H,17,19,21). The zero-order chi connectivity index (χ0) is 15.5. The van der Waals surface area contributed by atoms with Crippen molar-refractivity contribution in [3.05, 3.63) is 46.3 Å². The SMILES string of the molecule is CCc1nnc(NC(=O)C=Cc2c(Cl)nc3ccccn23)s1. The fourth-order valence-corrected chi connectivity index (χ4v) is 2.81. The van der Waals surface area contributed by atoms with E-state index in [9.17, 15) is 4.79 Å². The molecule has 6 nitrogen and oxygen atoms in total. The van der Waals surface area contributed by atoms with Crippen molar-refractivity contribution < 1.29 is 4.79 Å². The molecule has 0 bridgehead atoms. The number of anilines is 1. The summed E-state index contributed by atoms with van der Waals surface area (Å²) in [6.45, 7) is 1.98. The molecule has 1 amide bonds. The topological polar surface area (TPSA) is 72.2 Å². The van der Waals surface area contributed by atoms with E-state index in [1.807, 2.05) is 35.7 Å². The fraction of sp³-hybridized carbons (Fsp3) is 0.143. The highest BCUT2D eigenvalue weighted by atomic mass is 35.5. The van der Waals surface area contributed by atoms with E-state index < -0.39 is 0 Å². The third kappa shape index (κ3) is 3.00. The largest absolute Gasteiger partial charge is 0.299 e. The Morgan fingerprint density at radius 3 is 3.09 bits per heavy atom. The summed E-state index contributed by atoms with van der Waals surface area (Å²) in [4.78, 5) is 16.1. The normalized spacial score (nSPS) is 11.4. The first-order valence-electron chi connectivity index (χ1n) is 6.61. The van der Waals surface area contributed by atoms with Crippen LogP contribution in [0.4, 0.5) is 5.13 Å². The molecule has 0 unspecified atom stereocenters. The molecule has 3 aromatic heterocycles. The van der Waals surface area contributed by atoms with Crippen molar-refractivity contribution >= 4 is 45.7 Å². The molecule has 0 fully saturated rings. The smallest absolute Gasteiger partial charge is 0.250 e. The summed E-state index contributed by atoms with van der Waals surface area (Å²) in [5.74, 6) is -0.291. The third-order valence-electron chi connectivity index (χ3n) is 2.91. The van der Waals surface area contributed by atoms with Gasteiger partial charge in [0.1, 0.15) is 10.7 Å². The Kier molecular flexibility index (Phi) is 4.17. The van der Waals surface area contributed by atoms with Crippen LogP contribution in [-0.2, 0) is 11.2 Å². The second-order valence-electron chi connectivity index (χ2n) is 4.39. The molecule has 0 aromatic carbocycles. The molecule has 0 spiro atoms. The number of nitrogens with one attached hydrogen (secondary N) is 1. The lowest BCUT2D eigenvalue weighted by Gasteiger charge is -1.96. The number of nitrogens with zero attached hydrogens (tertiary/aromatic N) is 4. The molecule has 3 rings (SSSR count). The van der Waals surface area contributed by atoms with E-state index in [0.717, 1.165) is 17.1 Å². The Hall–Kier alpha value is -2.25. The van der Waals surface area contributed by atoms with E-state index in [4.69, 9.17) is 11.6 Å². The van der Waals surface area contributed by atoms with Crippen LogP contribution in [-0.4, -0.2) is 25.5 Å². The van der Waals surface area contributed by atoms with Gasteiger partial charge < -0.3 is 0 Å². The van der Waals surface area contributed by atoms with E-state index in [0.29, 0.717) is 16.0 Å². The minimum absolute atomic E-state index is 0.291. The Balaban J connectivity index is 1.77. The van der Waals surface area contributed by atoms with Gasteiger partial charge in [0, 0.05) is 12.3 Å². The second-order valence-corrected chi connectivity index (χ2v) is 5.81. The molecule has 0 saturated heterocycles. The first-order chi connectivity index (χ1) is 10.7. The number of imidazole rings is 1. The van der Waals surface area contributed by atoms with Crippen molar-refractivity contribution in [1.82, 2.24) is 19.6 Å². The number of carbonyl (C=O) groups excluding carboxylic acids is 1. The Labute approximate surface area is 135 Å². The molecule has 0 aliphatic rings. The minimum Gasteiger partial charge on any atom is -0.299 e. The second kappa shape index (κ2) is 6.25. The van der Waals surface area contributed by atoms with Crippen LogP contribution in [0.25, 0.3) is 11.7 Å². The number of amides is 1. The van der Waals surface area contributed by atoms with Gasteiger partial charge in [-0.2, -0.15) is 0 Å². The summed E-state index contributed by atoms with van der Waals surface area (Å²) in [6.07, 6.45) is 5.65. The van der Waals surface area contributed by atoms with Gasteiger partial charge in [0.15, 0.2) is 5.15 Å². The van der Waals surface area contributed by atoms with Gasteiger partial charge in [-0.25, -0.2) is 4.98 Å². The Morgan fingerprint density at radius 2 is 2.32 bits per heavy atom. The number of pyridine rings is 1. The molecule has 3 aromatic rings. The summed E-state index contributed by atoms with van der Waals surface area (Å²) in [7, 11) is 0. The lowest BCUT2D eigenvalue weighted by Crippen LogP contribution is -2.07. The Bertz CT molecular complexity index is 854. The molecule has 22 heavy (non-hydrogen) atoms. The number of aromatic nitrogens is 4. The van der Waals surface area contributed by atoms with Gasteiger partial charge in [-0.3, -0.25) is 14.5 Å². The van der Waals surface area contributed by atoms with Crippen LogP contribution in [0.15, 0.2) is 30.5 Å². The summed E-state index contributed by atoms with van der Waals surface area (Å²) in [5.41, 5.74) is 1.38. The van der Waals surface area contributed by atoms with Crippen molar-refractivity contribution in [1.29, 1.82) is 0 Å². The van der Waals surface area contributed by atoms with Crippen LogP contribution in [0, 0.1) is 0 Å². The van der Waals surface area contributed by atoms with Gasteiger partial charge in [0.2, 0.25) is 11.0 Å². The maximum atomic E-state index is 11.9. The monoisotopic (exact) mass is 333 g/mol. The van der Waals surface area contributed by atoms with Gasteiger partial charge in [-0.1, -0.05) is 35.9 Å². The average Bonchev–Trinajstić information content (AvgIpc) is 3.08. The van der Waals surface area contributed by atoms with Crippen molar-refractivity contribution in [2.24, 2.45) is 0 Å². The van der Waals surface area contributed by atoms with E-state index in [-0.39, 0.29) is 5.91 Å². The Morgan fingerprint density at radius 1 is 1.45 bits per heavy atom. The van der Waals surface area contributed by atoms with Crippen LogP contribution in [0.5, 0.6) is 0 Å². The zero-order valence-corrected chi connectivity index (χ0v) is 13.2. The van der Waals surface area contributed by atoms with E-state index >= 15 is 0 Å². The molecule has 8 heteroatoms. The van der Waals surface area contributed by atoms with Gasteiger partial charge in [-0.05, 0) is 24.6 Å². The average molecular weight is 334 g/mol. The van der Waals surface area contributed by atoms with Gasteiger partial charge in [0.05, 0.1) is 5.69 Å². The van der Waals surface area contributed by atoms with Crippen molar-refractivity contribution in [2.75, 3.05) is 5.32 Å². The summed E-state index contributed by atoms with van der Waals surface area (Å²) in [6, 6.07) is 5.59. The number of carbonyl (C=O) groups is 1. The van der Waals surface area contributed by atoms with Crippen LogP contribution < -0.4 is 5.32 Å². The number of aryl methyl sites for hydroxylation is 1. The third-order valence-corrected chi connectivity index (χ3v) is 4.18. The number of fused-ring (bicyclic) bond motifs is 1. The molecule has 3 heterocycles. The number of rotatable bonds is 4. The summed E-state index contributed by atoms with van der Waals surface area (Å²) in [5, 5.41) is 12.2. The van der Waals surface area contributed by atoms with E-state index in [1.165, 1.54) is 17.4 Å². The molecular formula is C14H12ClN5OS. The van der Waals surface area contributed by atoms with Gasteiger partial charge in [-0.15, -0.1) is 10.2 Å². The van der Waals surface area contributed by atoms with E-state index in [1.54, 1.807) is 6.08 Å². The molecule has 0 saturated carbocycles. The van der Waals surface area contributed by atoms with Crippen LogP contribution >= 0.6 is 22.9 Å². The molecule has 0 aliphatic heterocycles. The first-order valence-corrected chi connectivity index (χ1v) is 7.81. The van der Waals surface area contributed by atoms with Crippen LogP contribution in [0.2, 0.25) is 5.15 Å². The lowest BCUT2D eigenvalue weighted by molar-refractivity contribution is -0.111. The number of halogens is 1. The predicted octanol–water partition coefficient (Wildman–Crippen LogP) is 3.05. The highest BCUT2D eigenvalue weighted by Gasteiger charge is 2.08. The highest BCUT2D eigenvalue weighted by Crippen LogP contribution is 2.19. The zero-order valence-electron chi connectivity index (χ0n) is 11.7. The van der Waals surface area contributed by atoms with Crippen molar-refractivity contribution in [2.45, 2.75) is 13.3 Å². The quantitative estimate of drug-likeness (QED) is 0.745. The highest BCUT2D eigenvalue weighted by molar-refractivity contribution is 7.15. The minimum atomic E-state index is -0.291. The van der Waals surface area contributed by atoms with Crippen molar-refractivity contribution in [3.63, 3.8) is 0 Å². The van der Waals surface area contributed by atoms with Gasteiger partial charge >= 0.3 is 0 Å². The van der Waals surface area contributed by atoms with E-state index in [2.05, 4.69) is 20.5 Å². The van der Waals surface area contributed by atoms with Crippen LogP contribution in [0.1, 0.15) is 17.6 Å². The molecule has 0 aliphatic carbocycles. The summed E-state index contributed by atoms with van der Waals surface area (Å²) >= 11 is 7.46. The van der Waals surface area contributed by atoms with Crippen molar-refractivity contribution in [3.8, 4) is 0 Å². The van der Waals surface area contributed by atoms with Crippen LogP contribution in [0.3, 0.4) is 0 Å². The first kappa shape index (κ1) is 14.7. The summed E-state index contributed by atoms with van der Waals surface area (Å²) < 4.78 is 1.81. The lowest BCUT2D eigenvalue weighted by atomic mass is 10.4. The maximum Gasteiger partial charge on any atom is 0.250 e. The maximum absolute atomic E-state index is 11.9. The van der Waals surface area contributed by atoms with Gasteiger partial charge in [0.25, 0.3) is 0 Å². The number of hydrogen-bond donors (Lipinski definition) is 1. The molecule has 112 valence electrons.